The van der Waals surface area contributed by atoms with Gasteiger partial charge in [0.25, 0.3) is 5.91 Å². The van der Waals surface area contributed by atoms with Crippen molar-refractivity contribution < 1.29 is 17.6 Å². The van der Waals surface area contributed by atoms with Crippen molar-refractivity contribution >= 4 is 21.3 Å². The number of hydrogen-bond acceptors (Lipinski definition) is 3. The van der Waals surface area contributed by atoms with E-state index in [2.05, 4.69) is 5.32 Å². The van der Waals surface area contributed by atoms with Crippen molar-refractivity contribution in [3.63, 3.8) is 0 Å². The predicted octanol–water partition coefficient (Wildman–Crippen LogP) is 2.31. The summed E-state index contributed by atoms with van der Waals surface area (Å²) in [5, 5.41) is 3.71. The Morgan fingerprint density at radius 2 is 1.74 bits per heavy atom. The molecule has 1 N–H and O–H groups in total. The second kappa shape index (κ2) is 5.96. The Hall–Kier alpha value is -2.47. The minimum atomic E-state index is -3.55. The van der Waals surface area contributed by atoms with Crippen LogP contribution in [-0.4, -0.2) is 20.9 Å². The van der Waals surface area contributed by atoms with Crippen LogP contribution in [0, 0.1) is 5.82 Å². The smallest absolute Gasteiger partial charge is 0.252 e. The molecule has 2 aromatic rings. The summed E-state index contributed by atoms with van der Waals surface area (Å²) >= 11 is 0. The lowest BCUT2D eigenvalue weighted by molar-refractivity contribution is -0.115. The third-order valence-electron chi connectivity index (χ3n) is 3.61. The van der Waals surface area contributed by atoms with Gasteiger partial charge in [0, 0.05) is 17.5 Å². The highest BCUT2D eigenvalue weighted by molar-refractivity contribution is 7.95. The van der Waals surface area contributed by atoms with Crippen LogP contribution in [0.4, 0.5) is 4.39 Å². The van der Waals surface area contributed by atoms with Gasteiger partial charge >= 0.3 is 0 Å². The van der Waals surface area contributed by atoms with E-state index < -0.39 is 15.7 Å². The van der Waals surface area contributed by atoms with E-state index in [0.717, 1.165) is 11.0 Å². The molecule has 0 fully saturated rings. The molecule has 0 radical (unpaired) electrons. The minimum Gasteiger partial charge on any atom is -0.352 e. The van der Waals surface area contributed by atoms with E-state index in [-0.39, 0.29) is 16.3 Å². The number of carbonyl (C=O) groups is 1. The first-order chi connectivity index (χ1) is 11.0. The lowest BCUT2D eigenvalue weighted by Crippen LogP contribution is -2.26. The van der Waals surface area contributed by atoms with E-state index in [9.17, 15) is 17.6 Å². The van der Waals surface area contributed by atoms with E-state index in [1.807, 2.05) is 0 Å². The van der Waals surface area contributed by atoms with Crippen LogP contribution in [0.25, 0.3) is 5.57 Å². The van der Waals surface area contributed by atoms with E-state index in [4.69, 9.17) is 0 Å². The second-order valence-corrected chi connectivity index (χ2v) is 6.97. The number of rotatable bonds is 4. The molecular weight excluding hydrogens is 317 g/mol. The Bertz CT molecular complexity index is 886. The van der Waals surface area contributed by atoms with Crippen LogP contribution in [0.3, 0.4) is 0 Å². The van der Waals surface area contributed by atoms with Crippen LogP contribution in [0.5, 0.6) is 0 Å². The van der Waals surface area contributed by atoms with Crippen LogP contribution in [0.2, 0.25) is 0 Å². The standard InChI is InChI=1S/C17H14FNO3S/c18-13-7-5-12(6-8-13)9-10-19-17(20)15-11-23(21,22)16-4-2-1-3-14(15)16/h1-8,11H,9-10H2,(H,19,20). The predicted molar refractivity (Wildman–Crippen MR) is 84.7 cm³/mol. The maximum atomic E-state index is 12.8. The summed E-state index contributed by atoms with van der Waals surface area (Å²) in [6.45, 7) is 0.337. The SMILES string of the molecule is O=C(NCCc1ccc(F)cc1)C1=CS(=O)(=O)c2ccccc21. The van der Waals surface area contributed by atoms with Gasteiger partial charge in [-0.05, 0) is 30.2 Å². The first-order valence-electron chi connectivity index (χ1n) is 7.06. The first kappa shape index (κ1) is 15.4. The zero-order valence-corrected chi connectivity index (χ0v) is 12.9. The highest BCUT2D eigenvalue weighted by atomic mass is 32.2. The van der Waals surface area contributed by atoms with Crippen LogP contribution in [-0.2, 0) is 21.1 Å². The fourth-order valence-electron chi connectivity index (χ4n) is 2.46. The van der Waals surface area contributed by atoms with Gasteiger partial charge in [-0.3, -0.25) is 4.79 Å². The summed E-state index contributed by atoms with van der Waals surface area (Å²) in [5.41, 5.74) is 1.46. The molecule has 2 aromatic carbocycles. The van der Waals surface area contributed by atoms with Gasteiger partial charge in [0.15, 0.2) is 0 Å². The molecule has 0 aromatic heterocycles. The van der Waals surface area contributed by atoms with Crippen molar-refractivity contribution in [3.05, 3.63) is 70.9 Å². The molecule has 0 unspecified atom stereocenters. The van der Waals surface area contributed by atoms with Gasteiger partial charge in [0.1, 0.15) is 5.82 Å². The highest BCUT2D eigenvalue weighted by Gasteiger charge is 2.29. The number of carbonyl (C=O) groups excluding carboxylic acids is 1. The Morgan fingerprint density at radius 3 is 2.48 bits per heavy atom. The van der Waals surface area contributed by atoms with Gasteiger partial charge in [-0.2, -0.15) is 0 Å². The maximum absolute atomic E-state index is 12.8. The molecule has 1 heterocycles. The van der Waals surface area contributed by atoms with Gasteiger partial charge in [0.05, 0.1) is 10.5 Å². The van der Waals surface area contributed by atoms with E-state index >= 15 is 0 Å². The molecule has 1 amide bonds. The van der Waals surface area contributed by atoms with E-state index in [0.29, 0.717) is 18.5 Å². The summed E-state index contributed by atoms with van der Waals surface area (Å²) in [6.07, 6.45) is 0.535. The monoisotopic (exact) mass is 331 g/mol. The van der Waals surface area contributed by atoms with Crippen molar-refractivity contribution in [3.8, 4) is 0 Å². The maximum Gasteiger partial charge on any atom is 0.252 e. The molecule has 23 heavy (non-hydrogen) atoms. The Labute approximate surface area is 133 Å². The Morgan fingerprint density at radius 1 is 1.04 bits per heavy atom. The molecule has 0 aliphatic carbocycles. The average molecular weight is 331 g/mol. The molecule has 0 spiro atoms. The van der Waals surface area contributed by atoms with Gasteiger partial charge in [-0.1, -0.05) is 30.3 Å². The zero-order chi connectivity index (χ0) is 16.4. The fourth-order valence-corrected chi connectivity index (χ4v) is 3.89. The van der Waals surface area contributed by atoms with Crippen LogP contribution < -0.4 is 5.32 Å². The molecule has 118 valence electrons. The van der Waals surface area contributed by atoms with Crippen molar-refractivity contribution in [1.82, 2.24) is 5.32 Å². The van der Waals surface area contributed by atoms with Gasteiger partial charge in [0.2, 0.25) is 9.84 Å². The number of hydrogen-bond donors (Lipinski definition) is 1. The van der Waals surface area contributed by atoms with Gasteiger partial charge in [-0.25, -0.2) is 12.8 Å². The normalized spacial score (nSPS) is 14.9. The topological polar surface area (TPSA) is 63.2 Å². The Kier molecular flexibility index (Phi) is 4.00. The highest BCUT2D eigenvalue weighted by Crippen LogP contribution is 2.32. The van der Waals surface area contributed by atoms with Crippen molar-refractivity contribution in [2.45, 2.75) is 11.3 Å². The number of halogens is 1. The number of fused-ring (bicyclic) bond motifs is 1. The van der Waals surface area contributed by atoms with E-state index in [1.165, 1.54) is 18.2 Å². The molecule has 4 nitrogen and oxygen atoms in total. The average Bonchev–Trinajstić information content (AvgIpc) is 2.81. The van der Waals surface area contributed by atoms with Crippen LogP contribution >= 0.6 is 0 Å². The summed E-state index contributed by atoms with van der Waals surface area (Å²) in [7, 11) is -3.55. The second-order valence-electron chi connectivity index (χ2n) is 5.21. The summed E-state index contributed by atoms with van der Waals surface area (Å²) in [6, 6.07) is 12.4. The lowest BCUT2D eigenvalue weighted by atomic mass is 10.1. The fraction of sp³-hybridized carbons (Fsp3) is 0.118. The number of nitrogens with one attached hydrogen (secondary N) is 1. The van der Waals surface area contributed by atoms with E-state index in [1.54, 1.807) is 30.3 Å². The largest absolute Gasteiger partial charge is 0.352 e. The molecule has 1 aliphatic rings. The molecule has 0 bridgehead atoms. The molecule has 3 rings (SSSR count). The molecule has 6 heteroatoms. The molecule has 0 saturated carbocycles. The number of sulfone groups is 1. The number of amides is 1. The molecule has 0 saturated heterocycles. The first-order valence-corrected chi connectivity index (χ1v) is 8.61. The molecule has 0 atom stereocenters. The molecular formula is C17H14FNO3S. The zero-order valence-electron chi connectivity index (χ0n) is 12.1. The Balaban J connectivity index is 1.69. The number of benzene rings is 2. The summed E-state index contributed by atoms with van der Waals surface area (Å²) in [5.74, 6) is -0.739. The third kappa shape index (κ3) is 3.17. The molecule has 1 aliphatic heterocycles. The van der Waals surface area contributed by atoms with Crippen molar-refractivity contribution in [2.24, 2.45) is 0 Å². The van der Waals surface area contributed by atoms with Crippen LogP contribution in [0.1, 0.15) is 11.1 Å². The van der Waals surface area contributed by atoms with Crippen LogP contribution in [0.15, 0.2) is 58.8 Å². The summed E-state index contributed by atoms with van der Waals surface area (Å²) in [4.78, 5) is 12.4. The third-order valence-corrected chi connectivity index (χ3v) is 5.13. The van der Waals surface area contributed by atoms with Crippen molar-refractivity contribution in [2.75, 3.05) is 6.54 Å². The summed E-state index contributed by atoms with van der Waals surface area (Å²) < 4.78 is 36.8. The van der Waals surface area contributed by atoms with Gasteiger partial charge < -0.3 is 5.32 Å². The minimum absolute atomic E-state index is 0.153. The lowest BCUT2D eigenvalue weighted by Gasteiger charge is -2.07. The van der Waals surface area contributed by atoms with Crippen molar-refractivity contribution in [1.29, 1.82) is 0 Å². The quantitative estimate of drug-likeness (QED) is 0.935. The van der Waals surface area contributed by atoms with Gasteiger partial charge in [-0.15, -0.1) is 0 Å².